The molecule has 2 aliphatic rings. The predicted octanol–water partition coefficient (Wildman–Crippen LogP) is 4.84. The molecular weight excluding hydrogens is 418 g/mol. The second kappa shape index (κ2) is 7.67. The summed E-state index contributed by atoms with van der Waals surface area (Å²) < 4.78 is 6.27. The lowest BCUT2D eigenvalue weighted by molar-refractivity contribution is 0.134. The van der Waals surface area contributed by atoms with Gasteiger partial charge in [-0.1, -0.05) is 43.2 Å². The van der Waals surface area contributed by atoms with Crippen LogP contribution in [0.3, 0.4) is 0 Å². The Morgan fingerprint density at radius 1 is 1.00 bits per heavy atom. The first-order valence-electron chi connectivity index (χ1n) is 11.6. The van der Waals surface area contributed by atoms with Gasteiger partial charge in [0.25, 0.3) is 5.56 Å². The molecule has 2 saturated carbocycles. The number of benzene rings is 2. The van der Waals surface area contributed by atoms with Crippen molar-refractivity contribution in [3.8, 4) is 5.69 Å². The molecule has 0 saturated heterocycles. The van der Waals surface area contributed by atoms with Gasteiger partial charge in [-0.3, -0.25) is 14.1 Å². The molecule has 0 bridgehead atoms. The molecule has 4 aromatic rings. The van der Waals surface area contributed by atoms with Crippen molar-refractivity contribution in [3.05, 3.63) is 69.2 Å². The van der Waals surface area contributed by atoms with E-state index in [-0.39, 0.29) is 5.56 Å². The predicted molar refractivity (Wildman–Crippen MR) is 129 cm³/mol. The van der Waals surface area contributed by atoms with Gasteiger partial charge < -0.3 is 0 Å². The van der Waals surface area contributed by atoms with Crippen LogP contribution >= 0.6 is 12.2 Å². The summed E-state index contributed by atoms with van der Waals surface area (Å²) in [5.41, 5.74) is 2.62. The highest BCUT2D eigenvalue weighted by atomic mass is 32.1. The topological polar surface area (TPSA) is 47.5 Å². The number of fused-ring (bicyclic) bond motifs is 3. The highest BCUT2D eigenvalue weighted by molar-refractivity contribution is 7.71. The molecule has 2 aromatic heterocycles. The molecule has 0 amide bonds. The zero-order chi connectivity index (χ0) is 21.8. The van der Waals surface area contributed by atoms with Gasteiger partial charge >= 0.3 is 0 Å². The van der Waals surface area contributed by atoms with Crippen molar-refractivity contribution in [2.75, 3.05) is 0 Å². The van der Waals surface area contributed by atoms with E-state index in [0.29, 0.717) is 34.7 Å². The van der Waals surface area contributed by atoms with Gasteiger partial charge in [0.2, 0.25) is 10.5 Å². The van der Waals surface area contributed by atoms with E-state index in [9.17, 15) is 4.79 Å². The summed E-state index contributed by atoms with van der Waals surface area (Å²) in [6.07, 6.45) is 7.65. The van der Waals surface area contributed by atoms with E-state index < -0.39 is 0 Å². The molecule has 0 spiro atoms. The summed E-state index contributed by atoms with van der Waals surface area (Å²) >= 11 is 5.96. The Bertz CT molecular complexity index is 1440. The molecular formula is C25H27N5OS. The van der Waals surface area contributed by atoms with E-state index >= 15 is 0 Å². The molecule has 0 unspecified atom stereocenters. The van der Waals surface area contributed by atoms with Crippen LogP contribution in [0.25, 0.3) is 22.4 Å². The third kappa shape index (κ3) is 3.14. The van der Waals surface area contributed by atoms with Crippen LogP contribution in [0.1, 0.15) is 44.1 Å². The third-order valence-corrected chi connectivity index (χ3v) is 7.46. The van der Waals surface area contributed by atoms with Crippen molar-refractivity contribution in [3.63, 3.8) is 0 Å². The van der Waals surface area contributed by atoms with Crippen molar-refractivity contribution in [1.29, 1.82) is 0 Å². The summed E-state index contributed by atoms with van der Waals surface area (Å²) in [6.45, 7) is 2.71. The van der Waals surface area contributed by atoms with Gasteiger partial charge in [0.15, 0.2) is 0 Å². The van der Waals surface area contributed by atoms with E-state index in [1.807, 2.05) is 64.5 Å². The average molecular weight is 446 g/mol. The fourth-order valence-electron chi connectivity index (χ4n) is 5.26. The zero-order valence-electron chi connectivity index (χ0n) is 18.3. The Morgan fingerprint density at radius 2 is 1.69 bits per heavy atom. The molecule has 2 heterocycles. The SMILES string of the molecule is Cc1ccccc1-n1c(=O)c2ccccc2n2c(=S)n(CN(C3CCCC3)C3CC3)nc12. The van der Waals surface area contributed by atoms with Gasteiger partial charge in [-0.05, 0) is 68.6 Å². The third-order valence-electron chi connectivity index (χ3n) is 7.06. The maximum Gasteiger partial charge on any atom is 0.267 e. The minimum atomic E-state index is -0.0654. The van der Waals surface area contributed by atoms with E-state index in [1.165, 1.54) is 38.5 Å². The molecule has 6 rings (SSSR count). The fourth-order valence-corrected chi connectivity index (χ4v) is 5.54. The summed E-state index contributed by atoms with van der Waals surface area (Å²) in [6, 6.07) is 16.9. The Morgan fingerprint density at radius 3 is 2.44 bits per heavy atom. The van der Waals surface area contributed by atoms with Crippen LogP contribution in [0.15, 0.2) is 53.3 Å². The lowest BCUT2D eigenvalue weighted by atomic mass is 10.2. The van der Waals surface area contributed by atoms with Gasteiger partial charge in [0, 0.05) is 12.1 Å². The number of aromatic nitrogens is 4. The van der Waals surface area contributed by atoms with Gasteiger partial charge in [0.1, 0.15) is 0 Å². The number of rotatable bonds is 5. The molecule has 2 aromatic carbocycles. The van der Waals surface area contributed by atoms with Crippen molar-refractivity contribution in [1.82, 2.24) is 23.6 Å². The second-order valence-electron chi connectivity index (χ2n) is 9.19. The Hall–Kier alpha value is -2.77. The number of hydrogen-bond acceptors (Lipinski definition) is 4. The van der Waals surface area contributed by atoms with E-state index in [4.69, 9.17) is 17.3 Å². The molecule has 7 heteroatoms. The first-order chi connectivity index (χ1) is 15.6. The summed E-state index contributed by atoms with van der Waals surface area (Å²) in [5, 5.41) is 5.61. The van der Waals surface area contributed by atoms with Crippen LogP contribution in [-0.2, 0) is 6.67 Å². The highest BCUT2D eigenvalue weighted by Gasteiger charge is 2.35. The average Bonchev–Trinajstić information content (AvgIpc) is 3.39. The lowest BCUT2D eigenvalue weighted by Gasteiger charge is -2.28. The Labute approximate surface area is 191 Å². The van der Waals surface area contributed by atoms with E-state index in [1.54, 1.807) is 4.57 Å². The van der Waals surface area contributed by atoms with Crippen molar-refractivity contribution < 1.29 is 0 Å². The summed E-state index contributed by atoms with van der Waals surface area (Å²) in [7, 11) is 0. The quantitative estimate of drug-likeness (QED) is 0.412. The summed E-state index contributed by atoms with van der Waals surface area (Å²) in [4.78, 5) is 16.2. The minimum Gasteiger partial charge on any atom is -0.278 e. The highest BCUT2D eigenvalue weighted by Crippen LogP contribution is 2.35. The molecule has 32 heavy (non-hydrogen) atoms. The summed E-state index contributed by atoms with van der Waals surface area (Å²) in [5.74, 6) is 0.579. The Kier molecular flexibility index (Phi) is 4.77. The lowest BCUT2D eigenvalue weighted by Crippen LogP contribution is -2.37. The van der Waals surface area contributed by atoms with Crippen LogP contribution in [0.5, 0.6) is 0 Å². The maximum atomic E-state index is 13.6. The minimum absolute atomic E-state index is 0.0654. The van der Waals surface area contributed by atoms with Gasteiger partial charge in [-0.2, -0.15) is 0 Å². The molecule has 2 fully saturated rings. The van der Waals surface area contributed by atoms with Gasteiger partial charge in [0.05, 0.1) is 23.3 Å². The van der Waals surface area contributed by atoms with Crippen molar-refractivity contribution in [2.45, 2.75) is 64.2 Å². The van der Waals surface area contributed by atoms with E-state index in [2.05, 4.69) is 4.90 Å². The first kappa shape index (κ1) is 19.9. The van der Waals surface area contributed by atoms with E-state index in [0.717, 1.165) is 16.8 Å². The molecule has 2 aliphatic carbocycles. The standard InChI is InChI=1S/C25H27N5OS/c1-17-8-2-6-12-21(17)29-23(31)20-11-5-7-13-22(20)30-24(29)26-28(25(30)32)16-27(19-14-15-19)18-9-3-4-10-18/h2,5-8,11-13,18-19H,3-4,9-10,14-16H2,1H3. The van der Waals surface area contributed by atoms with Crippen LogP contribution in [0.2, 0.25) is 0 Å². The number of nitrogens with zero attached hydrogens (tertiary/aromatic N) is 5. The molecule has 0 radical (unpaired) electrons. The number of hydrogen-bond donors (Lipinski definition) is 0. The smallest absolute Gasteiger partial charge is 0.267 e. The first-order valence-corrected chi connectivity index (χ1v) is 12.0. The molecule has 0 N–H and O–H groups in total. The van der Waals surface area contributed by atoms with Crippen LogP contribution in [-0.4, -0.2) is 35.7 Å². The largest absolute Gasteiger partial charge is 0.278 e. The number of para-hydroxylation sites is 2. The fraction of sp³-hybridized carbons (Fsp3) is 0.400. The van der Waals surface area contributed by atoms with Gasteiger partial charge in [-0.15, -0.1) is 5.10 Å². The molecule has 164 valence electrons. The van der Waals surface area contributed by atoms with Crippen molar-refractivity contribution >= 4 is 28.9 Å². The maximum absolute atomic E-state index is 13.6. The van der Waals surface area contributed by atoms with Gasteiger partial charge in [-0.25, -0.2) is 9.25 Å². The monoisotopic (exact) mass is 445 g/mol. The molecule has 6 nitrogen and oxygen atoms in total. The normalized spacial score (nSPS) is 17.2. The Balaban J connectivity index is 1.60. The van der Waals surface area contributed by atoms with Crippen LogP contribution < -0.4 is 5.56 Å². The van der Waals surface area contributed by atoms with Crippen LogP contribution in [0.4, 0.5) is 0 Å². The van der Waals surface area contributed by atoms with Crippen LogP contribution in [0, 0.1) is 11.7 Å². The molecule has 0 aliphatic heterocycles. The number of aryl methyl sites for hydroxylation is 1. The molecule has 0 atom stereocenters. The second-order valence-corrected chi connectivity index (χ2v) is 9.55. The zero-order valence-corrected chi connectivity index (χ0v) is 19.1. The van der Waals surface area contributed by atoms with Crippen molar-refractivity contribution in [2.24, 2.45) is 0 Å².